The molecule has 0 aliphatic rings. The second kappa shape index (κ2) is 7.16. The van der Waals surface area contributed by atoms with Crippen LogP contribution in [0.2, 0.25) is 5.02 Å². The molecule has 0 saturated carbocycles. The van der Waals surface area contributed by atoms with Crippen molar-refractivity contribution in [3.63, 3.8) is 0 Å². The van der Waals surface area contributed by atoms with Crippen molar-refractivity contribution >= 4 is 11.6 Å². The van der Waals surface area contributed by atoms with Crippen molar-refractivity contribution in [1.29, 1.82) is 0 Å². The minimum absolute atomic E-state index is 0.0503. The lowest BCUT2D eigenvalue weighted by Gasteiger charge is -2.18. The van der Waals surface area contributed by atoms with Crippen molar-refractivity contribution in [2.45, 2.75) is 12.8 Å². The lowest BCUT2D eigenvalue weighted by atomic mass is 9.88. The van der Waals surface area contributed by atoms with Crippen LogP contribution in [-0.2, 0) is 0 Å². The van der Waals surface area contributed by atoms with Gasteiger partial charge in [-0.3, -0.25) is 0 Å². The second-order valence-electron chi connectivity index (χ2n) is 5.87. The fourth-order valence-electron chi connectivity index (χ4n) is 3.07. The molecule has 0 aliphatic carbocycles. The van der Waals surface area contributed by atoms with E-state index in [1.54, 1.807) is 6.07 Å². The Morgan fingerprint density at radius 2 is 1.71 bits per heavy atom. The monoisotopic (exact) mass is 339 g/mol. The van der Waals surface area contributed by atoms with Crippen molar-refractivity contribution in [2.75, 3.05) is 6.54 Å². The Morgan fingerprint density at radius 3 is 2.38 bits per heavy atom. The normalized spacial score (nSPS) is 12.2. The van der Waals surface area contributed by atoms with Gasteiger partial charge < -0.3 is 5.73 Å². The summed E-state index contributed by atoms with van der Waals surface area (Å²) >= 11 is 6.37. The van der Waals surface area contributed by atoms with Gasteiger partial charge in [0.25, 0.3) is 0 Å². The molecule has 0 fully saturated rings. The summed E-state index contributed by atoms with van der Waals surface area (Å²) in [6.07, 6.45) is 0. The van der Waals surface area contributed by atoms with Gasteiger partial charge in [-0.2, -0.15) is 0 Å². The van der Waals surface area contributed by atoms with E-state index in [4.69, 9.17) is 17.3 Å². The topological polar surface area (TPSA) is 26.0 Å². The van der Waals surface area contributed by atoms with Gasteiger partial charge in [0, 0.05) is 28.6 Å². The first kappa shape index (κ1) is 16.7. The number of nitrogens with two attached hydrogens (primary N) is 1. The van der Waals surface area contributed by atoms with Gasteiger partial charge in [-0.15, -0.1) is 0 Å². The Morgan fingerprint density at radius 1 is 0.958 bits per heavy atom. The fraction of sp³-hybridized carbons (Fsp3) is 0.143. The smallest absolute Gasteiger partial charge is 0.131 e. The number of benzene rings is 3. The lowest BCUT2D eigenvalue weighted by molar-refractivity contribution is 0.630. The minimum Gasteiger partial charge on any atom is -0.330 e. The highest BCUT2D eigenvalue weighted by atomic mass is 35.5. The van der Waals surface area contributed by atoms with Gasteiger partial charge in [-0.25, -0.2) is 4.39 Å². The molecule has 0 amide bonds. The van der Waals surface area contributed by atoms with Gasteiger partial charge in [-0.1, -0.05) is 60.1 Å². The molecule has 2 N–H and O–H groups in total. The first-order valence-corrected chi connectivity index (χ1v) is 8.29. The molecule has 3 aromatic rings. The first-order chi connectivity index (χ1) is 11.6. The third-order valence-corrected chi connectivity index (χ3v) is 4.65. The number of hydrogen-bond donors (Lipinski definition) is 1. The summed E-state index contributed by atoms with van der Waals surface area (Å²) in [5, 5.41) is 0.538. The Balaban J connectivity index is 2.13. The van der Waals surface area contributed by atoms with Gasteiger partial charge in [0.1, 0.15) is 5.82 Å². The highest BCUT2D eigenvalue weighted by Gasteiger charge is 2.17. The molecule has 0 heterocycles. The molecule has 122 valence electrons. The Bertz CT molecular complexity index is 825. The lowest BCUT2D eigenvalue weighted by Crippen LogP contribution is -2.14. The predicted molar refractivity (Wildman–Crippen MR) is 98.9 cm³/mol. The number of rotatable bonds is 4. The summed E-state index contributed by atoms with van der Waals surface area (Å²) in [6.45, 7) is 2.36. The van der Waals surface area contributed by atoms with Gasteiger partial charge in [0.05, 0.1) is 0 Å². The highest BCUT2D eigenvalue weighted by molar-refractivity contribution is 6.33. The zero-order chi connectivity index (χ0) is 17.1. The standard InChI is InChI=1S/C21H19ClFN/c1-14-6-5-9-20(23)21(14)17-12-16(10-11-19(17)22)18(13-24)15-7-3-2-4-8-15/h2-12,18H,13,24H2,1H3. The van der Waals surface area contributed by atoms with Crippen LogP contribution in [0.15, 0.2) is 66.7 Å². The van der Waals surface area contributed by atoms with Crippen molar-refractivity contribution in [2.24, 2.45) is 5.73 Å². The minimum atomic E-state index is -0.266. The van der Waals surface area contributed by atoms with E-state index >= 15 is 0 Å². The van der Waals surface area contributed by atoms with Crippen LogP contribution >= 0.6 is 11.6 Å². The summed E-state index contributed by atoms with van der Waals surface area (Å²) in [6, 6.07) is 20.9. The zero-order valence-electron chi connectivity index (χ0n) is 13.5. The van der Waals surface area contributed by atoms with Crippen LogP contribution in [0.1, 0.15) is 22.6 Å². The molecule has 3 rings (SSSR count). The van der Waals surface area contributed by atoms with E-state index in [-0.39, 0.29) is 11.7 Å². The average Bonchev–Trinajstić information content (AvgIpc) is 2.59. The van der Waals surface area contributed by atoms with Crippen molar-refractivity contribution < 1.29 is 4.39 Å². The highest BCUT2D eigenvalue weighted by Crippen LogP contribution is 2.36. The number of halogens is 2. The molecular weight excluding hydrogens is 321 g/mol. The molecule has 0 saturated heterocycles. The van der Waals surface area contributed by atoms with E-state index in [0.29, 0.717) is 22.7 Å². The quantitative estimate of drug-likeness (QED) is 0.663. The molecular formula is C21H19ClFN. The van der Waals surface area contributed by atoms with Crippen LogP contribution in [0.5, 0.6) is 0 Å². The third kappa shape index (κ3) is 3.21. The van der Waals surface area contributed by atoms with Gasteiger partial charge in [-0.05, 0) is 41.8 Å². The van der Waals surface area contributed by atoms with E-state index in [2.05, 4.69) is 12.1 Å². The molecule has 0 radical (unpaired) electrons. The third-order valence-electron chi connectivity index (χ3n) is 4.32. The van der Waals surface area contributed by atoms with E-state index in [1.807, 2.05) is 49.4 Å². The van der Waals surface area contributed by atoms with Crippen molar-refractivity contribution in [3.8, 4) is 11.1 Å². The summed E-state index contributed by atoms with van der Waals surface area (Å²) in [7, 11) is 0. The maximum atomic E-state index is 14.4. The first-order valence-electron chi connectivity index (χ1n) is 7.91. The maximum Gasteiger partial charge on any atom is 0.131 e. The van der Waals surface area contributed by atoms with Crippen LogP contribution in [0.3, 0.4) is 0 Å². The van der Waals surface area contributed by atoms with Gasteiger partial charge in [0.2, 0.25) is 0 Å². The largest absolute Gasteiger partial charge is 0.330 e. The van der Waals surface area contributed by atoms with Crippen LogP contribution in [0.4, 0.5) is 4.39 Å². The molecule has 1 unspecified atom stereocenters. The van der Waals surface area contributed by atoms with Gasteiger partial charge in [0.15, 0.2) is 0 Å². The molecule has 3 heteroatoms. The SMILES string of the molecule is Cc1cccc(F)c1-c1cc(C(CN)c2ccccc2)ccc1Cl. The van der Waals surface area contributed by atoms with E-state index in [0.717, 1.165) is 16.7 Å². The Kier molecular flexibility index (Phi) is 4.98. The second-order valence-corrected chi connectivity index (χ2v) is 6.28. The predicted octanol–water partition coefficient (Wildman–Crippen LogP) is 5.55. The average molecular weight is 340 g/mol. The zero-order valence-corrected chi connectivity index (χ0v) is 14.2. The van der Waals surface area contributed by atoms with E-state index in [1.165, 1.54) is 6.07 Å². The summed E-state index contributed by atoms with van der Waals surface area (Å²) in [5.74, 6) is -0.215. The Labute approximate surface area is 146 Å². The Hall–Kier alpha value is -2.16. The molecule has 1 nitrogen and oxygen atoms in total. The van der Waals surface area contributed by atoms with Crippen LogP contribution in [0, 0.1) is 12.7 Å². The fourth-order valence-corrected chi connectivity index (χ4v) is 3.29. The van der Waals surface area contributed by atoms with Crippen LogP contribution in [-0.4, -0.2) is 6.54 Å². The molecule has 0 aliphatic heterocycles. The summed E-state index contributed by atoms with van der Waals surface area (Å²) in [5.41, 5.74) is 10.3. The van der Waals surface area contributed by atoms with Crippen LogP contribution < -0.4 is 5.73 Å². The van der Waals surface area contributed by atoms with Crippen molar-refractivity contribution in [1.82, 2.24) is 0 Å². The van der Waals surface area contributed by atoms with Crippen LogP contribution in [0.25, 0.3) is 11.1 Å². The molecule has 0 bridgehead atoms. The molecule has 0 aromatic heterocycles. The summed E-state index contributed by atoms with van der Waals surface area (Å²) in [4.78, 5) is 0. The van der Waals surface area contributed by atoms with Gasteiger partial charge >= 0.3 is 0 Å². The van der Waals surface area contributed by atoms with E-state index < -0.39 is 0 Å². The molecule has 1 atom stereocenters. The maximum absolute atomic E-state index is 14.4. The number of aryl methyl sites for hydroxylation is 1. The molecule has 3 aromatic carbocycles. The number of hydrogen-bond acceptors (Lipinski definition) is 1. The van der Waals surface area contributed by atoms with Crippen molar-refractivity contribution in [3.05, 3.63) is 94.3 Å². The van der Waals surface area contributed by atoms with E-state index in [9.17, 15) is 4.39 Å². The molecule has 0 spiro atoms. The molecule has 24 heavy (non-hydrogen) atoms. The summed E-state index contributed by atoms with van der Waals surface area (Å²) < 4.78 is 14.4.